The molecule has 0 unspecified atom stereocenters. The summed E-state index contributed by atoms with van der Waals surface area (Å²) in [5, 5.41) is 7.32. The molecule has 0 aliphatic rings. The highest BCUT2D eigenvalue weighted by Crippen LogP contribution is 2.25. The van der Waals surface area contributed by atoms with Crippen LogP contribution in [0.25, 0.3) is 11.5 Å². The third kappa shape index (κ3) is 3.51. The molecular weight excluding hydrogens is 290 g/mol. The van der Waals surface area contributed by atoms with Crippen molar-refractivity contribution in [3.8, 4) is 17.2 Å². The van der Waals surface area contributed by atoms with E-state index in [2.05, 4.69) is 15.5 Å². The lowest BCUT2D eigenvalue weighted by Gasteiger charge is -2.10. The van der Waals surface area contributed by atoms with E-state index in [0.717, 1.165) is 22.6 Å². The maximum absolute atomic E-state index is 5.59. The Bertz CT molecular complexity index is 783. The zero-order valence-electron chi connectivity index (χ0n) is 13.2. The van der Waals surface area contributed by atoms with Crippen molar-refractivity contribution in [3.05, 3.63) is 59.9 Å². The predicted octanol–water partition coefficient (Wildman–Crippen LogP) is 4.06. The average Bonchev–Trinajstić information content (AvgIpc) is 3.03. The van der Waals surface area contributed by atoms with Crippen molar-refractivity contribution in [2.24, 2.45) is 0 Å². The highest BCUT2D eigenvalue weighted by Gasteiger charge is 2.11. The third-order valence-electron chi connectivity index (χ3n) is 3.47. The molecule has 1 aromatic heterocycles. The first-order chi connectivity index (χ1) is 11.3. The number of rotatable bonds is 6. The lowest BCUT2D eigenvalue weighted by Crippen LogP contribution is -2.03. The van der Waals surface area contributed by atoms with Crippen LogP contribution in [0.5, 0.6) is 5.75 Å². The second-order valence-electron chi connectivity index (χ2n) is 5.11. The van der Waals surface area contributed by atoms with Gasteiger partial charge in [0.25, 0.3) is 5.89 Å². The van der Waals surface area contributed by atoms with Gasteiger partial charge in [-0.15, -0.1) is 0 Å². The van der Waals surface area contributed by atoms with Crippen LogP contribution in [0, 0.1) is 6.92 Å². The molecule has 1 N–H and O–H groups in total. The molecule has 0 aliphatic carbocycles. The van der Waals surface area contributed by atoms with Crippen LogP contribution in [0.4, 0.5) is 5.69 Å². The topological polar surface area (TPSA) is 60.2 Å². The van der Waals surface area contributed by atoms with Crippen LogP contribution < -0.4 is 10.1 Å². The minimum Gasteiger partial charge on any atom is -0.492 e. The van der Waals surface area contributed by atoms with E-state index in [0.29, 0.717) is 24.9 Å². The predicted molar refractivity (Wildman–Crippen MR) is 89.4 cm³/mol. The molecule has 5 heteroatoms. The molecular formula is C18H19N3O2. The standard InChI is InChI=1S/C18H19N3O2/c1-3-22-16-11-7-6-10-15(16)19-12-17-20-18(23-21-17)14-9-5-4-8-13(14)2/h4-11,19H,3,12H2,1-2H3. The minimum atomic E-state index is 0.472. The smallest absolute Gasteiger partial charge is 0.258 e. The number of aryl methyl sites for hydroxylation is 1. The molecule has 3 aromatic rings. The fourth-order valence-electron chi connectivity index (χ4n) is 2.32. The van der Waals surface area contributed by atoms with E-state index in [1.165, 1.54) is 0 Å². The van der Waals surface area contributed by atoms with Crippen LogP contribution in [-0.4, -0.2) is 16.7 Å². The van der Waals surface area contributed by atoms with E-state index in [1.54, 1.807) is 0 Å². The highest BCUT2D eigenvalue weighted by molar-refractivity contribution is 5.58. The lowest BCUT2D eigenvalue weighted by molar-refractivity contribution is 0.341. The second-order valence-corrected chi connectivity index (χ2v) is 5.11. The third-order valence-corrected chi connectivity index (χ3v) is 3.47. The molecule has 3 rings (SSSR count). The van der Waals surface area contributed by atoms with Crippen molar-refractivity contribution in [2.45, 2.75) is 20.4 Å². The molecule has 5 nitrogen and oxygen atoms in total. The van der Waals surface area contributed by atoms with Gasteiger partial charge in [0, 0.05) is 5.56 Å². The first-order valence-electron chi connectivity index (χ1n) is 7.62. The summed E-state index contributed by atoms with van der Waals surface area (Å²) in [7, 11) is 0. The lowest BCUT2D eigenvalue weighted by atomic mass is 10.1. The van der Waals surface area contributed by atoms with Gasteiger partial charge in [-0.2, -0.15) is 4.98 Å². The normalized spacial score (nSPS) is 10.5. The van der Waals surface area contributed by atoms with Crippen LogP contribution in [0.3, 0.4) is 0 Å². The van der Waals surface area contributed by atoms with Crippen molar-refractivity contribution in [3.63, 3.8) is 0 Å². The summed E-state index contributed by atoms with van der Waals surface area (Å²) in [6.07, 6.45) is 0. The zero-order valence-corrected chi connectivity index (χ0v) is 13.2. The number of benzene rings is 2. The molecule has 0 saturated carbocycles. The van der Waals surface area contributed by atoms with Crippen LogP contribution >= 0.6 is 0 Å². The molecule has 23 heavy (non-hydrogen) atoms. The van der Waals surface area contributed by atoms with Gasteiger partial charge in [0.2, 0.25) is 0 Å². The number of aromatic nitrogens is 2. The summed E-state index contributed by atoms with van der Waals surface area (Å²) < 4.78 is 11.0. The maximum atomic E-state index is 5.59. The Labute approximate surface area is 135 Å². The molecule has 0 spiro atoms. The number of para-hydroxylation sites is 2. The van der Waals surface area contributed by atoms with Gasteiger partial charge in [0.05, 0.1) is 18.8 Å². The molecule has 0 aliphatic heterocycles. The molecule has 0 atom stereocenters. The molecule has 0 saturated heterocycles. The second kappa shape index (κ2) is 6.96. The van der Waals surface area contributed by atoms with E-state index in [1.807, 2.05) is 62.4 Å². The largest absolute Gasteiger partial charge is 0.492 e. The van der Waals surface area contributed by atoms with Crippen molar-refractivity contribution >= 4 is 5.69 Å². The van der Waals surface area contributed by atoms with Gasteiger partial charge in [-0.1, -0.05) is 35.5 Å². The Hall–Kier alpha value is -2.82. The maximum Gasteiger partial charge on any atom is 0.258 e. The van der Waals surface area contributed by atoms with Gasteiger partial charge in [0.15, 0.2) is 5.82 Å². The average molecular weight is 309 g/mol. The molecule has 1 heterocycles. The minimum absolute atomic E-state index is 0.472. The zero-order chi connectivity index (χ0) is 16.1. The van der Waals surface area contributed by atoms with Gasteiger partial charge in [0.1, 0.15) is 5.75 Å². The summed E-state index contributed by atoms with van der Waals surface area (Å²) in [6.45, 7) is 5.08. The number of hydrogen-bond donors (Lipinski definition) is 1. The first kappa shape index (κ1) is 15.1. The van der Waals surface area contributed by atoms with E-state index in [9.17, 15) is 0 Å². The van der Waals surface area contributed by atoms with E-state index >= 15 is 0 Å². The fraction of sp³-hybridized carbons (Fsp3) is 0.222. The Morgan fingerprint density at radius 2 is 1.87 bits per heavy atom. The SMILES string of the molecule is CCOc1ccccc1NCc1noc(-c2ccccc2C)n1. The number of ether oxygens (including phenoxy) is 1. The van der Waals surface area contributed by atoms with Gasteiger partial charge in [-0.3, -0.25) is 0 Å². The molecule has 0 amide bonds. The molecule has 0 bridgehead atoms. The Kier molecular flexibility index (Phi) is 4.57. The molecule has 118 valence electrons. The number of nitrogens with one attached hydrogen (secondary N) is 1. The van der Waals surface area contributed by atoms with E-state index in [4.69, 9.17) is 9.26 Å². The Balaban J connectivity index is 1.72. The van der Waals surface area contributed by atoms with E-state index in [-0.39, 0.29) is 0 Å². The molecule has 0 radical (unpaired) electrons. The van der Waals surface area contributed by atoms with Gasteiger partial charge in [-0.05, 0) is 37.6 Å². The number of hydrogen-bond acceptors (Lipinski definition) is 5. The van der Waals surface area contributed by atoms with E-state index < -0.39 is 0 Å². The van der Waals surface area contributed by atoms with Crippen molar-refractivity contribution < 1.29 is 9.26 Å². The summed E-state index contributed by atoms with van der Waals surface area (Å²) in [4.78, 5) is 4.45. The molecule has 2 aromatic carbocycles. The van der Waals surface area contributed by atoms with Crippen molar-refractivity contribution in [2.75, 3.05) is 11.9 Å². The summed E-state index contributed by atoms with van der Waals surface area (Å²) in [6, 6.07) is 15.8. The number of anilines is 1. The highest BCUT2D eigenvalue weighted by atomic mass is 16.5. The summed E-state index contributed by atoms with van der Waals surface area (Å²) >= 11 is 0. The van der Waals surface area contributed by atoms with Gasteiger partial charge in [-0.25, -0.2) is 0 Å². The first-order valence-corrected chi connectivity index (χ1v) is 7.62. The van der Waals surface area contributed by atoms with Gasteiger partial charge < -0.3 is 14.6 Å². The van der Waals surface area contributed by atoms with Crippen molar-refractivity contribution in [1.29, 1.82) is 0 Å². The van der Waals surface area contributed by atoms with Crippen LogP contribution in [-0.2, 0) is 6.54 Å². The quantitative estimate of drug-likeness (QED) is 0.744. The fourth-order valence-corrected chi connectivity index (χ4v) is 2.32. The Morgan fingerprint density at radius 3 is 2.70 bits per heavy atom. The van der Waals surface area contributed by atoms with Crippen LogP contribution in [0.1, 0.15) is 18.3 Å². The summed E-state index contributed by atoms with van der Waals surface area (Å²) in [5.74, 6) is 1.96. The summed E-state index contributed by atoms with van der Waals surface area (Å²) in [5.41, 5.74) is 2.98. The molecule has 0 fully saturated rings. The van der Waals surface area contributed by atoms with Crippen LogP contribution in [0.2, 0.25) is 0 Å². The van der Waals surface area contributed by atoms with Gasteiger partial charge >= 0.3 is 0 Å². The number of nitrogens with zero attached hydrogens (tertiary/aromatic N) is 2. The Morgan fingerprint density at radius 1 is 1.09 bits per heavy atom. The van der Waals surface area contributed by atoms with Crippen molar-refractivity contribution in [1.82, 2.24) is 10.1 Å². The van der Waals surface area contributed by atoms with Crippen LogP contribution in [0.15, 0.2) is 53.1 Å². The monoisotopic (exact) mass is 309 g/mol.